The summed E-state index contributed by atoms with van der Waals surface area (Å²) >= 11 is 6.31. The maximum absolute atomic E-state index is 13.4. The number of carbonyl (C=O) groups excluding carboxylic acids is 2. The summed E-state index contributed by atoms with van der Waals surface area (Å²) in [6, 6.07) is 4.51. The van der Waals surface area contributed by atoms with Gasteiger partial charge in [0.25, 0.3) is 11.7 Å². The van der Waals surface area contributed by atoms with Crippen LogP contribution in [0.2, 0.25) is 5.02 Å². The molecule has 1 aromatic carbocycles. The van der Waals surface area contributed by atoms with Crippen molar-refractivity contribution in [3.8, 4) is 5.75 Å². The van der Waals surface area contributed by atoms with E-state index in [1.165, 1.54) is 6.33 Å². The van der Waals surface area contributed by atoms with E-state index in [1.807, 2.05) is 20.0 Å². The average Bonchev–Trinajstić information content (AvgIpc) is 3.70. The number of hydrogen-bond acceptors (Lipinski definition) is 9. The van der Waals surface area contributed by atoms with Crippen molar-refractivity contribution >= 4 is 29.2 Å². The molecule has 1 N–H and O–H groups in total. The van der Waals surface area contributed by atoms with Crippen LogP contribution in [0.4, 0.5) is 0 Å². The second kappa shape index (κ2) is 11.4. The van der Waals surface area contributed by atoms with E-state index in [0.717, 1.165) is 17.0 Å². The molecule has 0 unspecified atom stereocenters. The predicted octanol–water partition coefficient (Wildman–Crippen LogP) is 1.93. The Bertz CT molecular complexity index is 1600. The number of benzene rings is 1. The van der Waals surface area contributed by atoms with Gasteiger partial charge in [-0.1, -0.05) is 16.8 Å². The van der Waals surface area contributed by atoms with E-state index in [0.29, 0.717) is 66.9 Å². The highest BCUT2D eigenvalue weighted by molar-refractivity contribution is 6.32. The van der Waals surface area contributed by atoms with Crippen LogP contribution >= 0.6 is 11.6 Å². The summed E-state index contributed by atoms with van der Waals surface area (Å²) in [4.78, 5) is 37.1. The highest BCUT2D eigenvalue weighted by atomic mass is 35.5. The van der Waals surface area contributed by atoms with Gasteiger partial charge in [0.15, 0.2) is 0 Å². The number of aromatic nitrogens is 7. The molecule has 1 saturated heterocycles. The number of ether oxygens (including phenoxy) is 2. The van der Waals surface area contributed by atoms with Crippen LogP contribution < -0.4 is 10.1 Å². The first kappa shape index (κ1) is 27.1. The monoisotopic (exact) mass is 579 g/mol. The normalized spacial score (nSPS) is 19.6. The van der Waals surface area contributed by atoms with E-state index >= 15 is 0 Å². The third-order valence-corrected chi connectivity index (χ3v) is 7.84. The van der Waals surface area contributed by atoms with Crippen LogP contribution in [0.5, 0.6) is 5.75 Å². The minimum absolute atomic E-state index is 0.0353. The standard InChI is InChI=1S/C27H30ClN9O4/c1-16-20(17(2)37-27(31-16)29-15-30-37)5-7-25(38)35-12-22-24(13-35)41-14-19-11-36(34-33-19)8-3-9-40-23-10-18(26(39)32-22)4-6-21(23)28/h4,6,10-11,15,22,24H,3,5,7-9,12-14H2,1-2H3,(H,32,39)/t22-,24-/m0/s1. The highest BCUT2D eigenvalue weighted by Gasteiger charge is 2.37. The topological polar surface area (TPSA) is 142 Å². The molecule has 2 atom stereocenters. The SMILES string of the molecule is Cc1nc2ncnn2c(C)c1CCC(=O)N1C[C@@H]2NC(=O)c3ccc(Cl)c(c3)OCCCn3cc(nn3)CO[C@H]2C1. The molecule has 2 aliphatic heterocycles. The molecule has 214 valence electrons. The molecule has 2 aliphatic rings. The van der Waals surface area contributed by atoms with Gasteiger partial charge in [-0.05, 0) is 44.0 Å². The third-order valence-electron chi connectivity index (χ3n) is 7.53. The lowest BCUT2D eigenvalue weighted by molar-refractivity contribution is -0.130. The Morgan fingerprint density at radius 2 is 2.12 bits per heavy atom. The first-order valence-corrected chi connectivity index (χ1v) is 13.9. The van der Waals surface area contributed by atoms with E-state index in [-0.39, 0.29) is 24.8 Å². The quantitative estimate of drug-likeness (QED) is 0.385. The molecular weight excluding hydrogens is 550 g/mol. The molecule has 4 aromatic rings. The predicted molar refractivity (Wildman–Crippen MR) is 147 cm³/mol. The molecule has 0 aliphatic carbocycles. The number of aryl methyl sites for hydroxylation is 3. The number of nitrogens with zero attached hydrogens (tertiary/aromatic N) is 8. The summed E-state index contributed by atoms with van der Waals surface area (Å²) in [5, 5.41) is 16.1. The van der Waals surface area contributed by atoms with E-state index in [1.54, 1.807) is 32.3 Å². The Labute approximate surface area is 240 Å². The molecule has 5 heterocycles. The smallest absolute Gasteiger partial charge is 0.252 e. The fourth-order valence-corrected chi connectivity index (χ4v) is 5.49. The van der Waals surface area contributed by atoms with Crippen LogP contribution in [0, 0.1) is 13.8 Å². The fourth-order valence-electron chi connectivity index (χ4n) is 5.31. The summed E-state index contributed by atoms with van der Waals surface area (Å²) < 4.78 is 15.5. The Balaban J connectivity index is 1.19. The lowest BCUT2D eigenvalue weighted by atomic mass is 10.1. The van der Waals surface area contributed by atoms with Gasteiger partial charge in [-0.15, -0.1) is 5.10 Å². The van der Waals surface area contributed by atoms with Gasteiger partial charge in [0.2, 0.25) is 5.91 Å². The van der Waals surface area contributed by atoms with Crippen LogP contribution in [0.3, 0.4) is 0 Å². The molecular formula is C27H30ClN9O4. The van der Waals surface area contributed by atoms with Crippen LogP contribution in [-0.2, 0) is 29.1 Å². The molecule has 2 amide bonds. The highest BCUT2D eigenvalue weighted by Crippen LogP contribution is 2.26. The number of amides is 2. The molecule has 0 saturated carbocycles. The molecule has 6 rings (SSSR count). The molecule has 1 fully saturated rings. The Hall–Kier alpha value is -4.10. The van der Waals surface area contributed by atoms with Gasteiger partial charge < -0.3 is 19.7 Å². The number of hydrogen-bond donors (Lipinski definition) is 1. The Morgan fingerprint density at radius 3 is 3.00 bits per heavy atom. The van der Waals surface area contributed by atoms with Gasteiger partial charge in [0, 0.05) is 49.4 Å². The number of fused-ring (bicyclic) bond motifs is 6. The van der Waals surface area contributed by atoms with Crippen molar-refractivity contribution in [2.45, 2.75) is 58.4 Å². The molecule has 14 heteroatoms. The van der Waals surface area contributed by atoms with Gasteiger partial charge in [-0.2, -0.15) is 10.1 Å². The van der Waals surface area contributed by atoms with E-state index in [9.17, 15) is 9.59 Å². The van der Waals surface area contributed by atoms with Crippen molar-refractivity contribution in [1.29, 1.82) is 0 Å². The van der Waals surface area contributed by atoms with Crippen molar-refractivity contribution in [1.82, 2.24) is 44.8 Å². The van der Waals surface area contributed by atoms with Gasteiger partial charge in [-0.3, -0.25) is 14.3 Å². The molecule has 4 bridgehead atoms. The van der Waals surface area contributed by atoms with Crippen molar-refractivity contribution in [3.05, 3.63) is 64.0 Å². The first-order valence-electron chi connectivity index (χ1n) is 13.5. The molecule has 0 radical (unpaired) electrons. The maximum atomic E-state index is 13.4. The Morgan fingerprint density at radius 1 is 1.24 bits per heavy atom. The third kappa shape index (κ3) is 5.72. The van der Waals surface area contributed by atoms with Crippen molar-refractivity contribution < 1.29 is 19.1 Å². The second-order valence-electron chi connectivity index (χ2n) is 10.3. The lowest BCUT2D eigenvalue weighted by Gasteiger charge is -2.20. The molecule has 41 heavy (non-hydrogen) atoms. The zero-order chi connectivity index (χ0) is 28.5. The number of rotatable bonds is 3. The molecule has 3 aromatic heterocycles. The number of nitrogens with one attached hydrogen (secondary N) is 1. The Kier molecular flexibility index (Phi) is 7.54. The second-order valence-corrected chi connectivity index (χ2v) is 10.7. The summed E-state index contributed by atoms with van der Waals surface area (Å²) in [6.45, 7) is 5.74. The van der Waals surface area contributed by atoms with Gasteiger partial charge in [0.05, 0.1) is 36.6 Å². The summed E-state index contributed by atoms with van der Waals surface area (Å²) in [6.07, 6.45) is 4.34. The van der Waals surface area contributed by atoms with E-state index in [2.05, 4.69) is 30.7 Å². The maximum Gasteiger partial charge on any atom is 0.252 e. The average molecular weight is 580 g/mol. The fraction of sp³-hybridized carbons (Fsp3) is 0.444. The van der Waals surface area contributed by atoms with Crippen molar-refractivity contribution in [2.75, 3.05) is 19.7 Å². The van der Waals surface area contributed by atoms with Gasteiger partial charge in [-0.25, -0.2) is 9.50 Å². The lowest BCUT2D eigenvalue weighted by Crippen LogP contribution is -2.44. The first-order chi connectivity index (χ1) is 19.9. The number of carbonyl (C=O) groups is 2. The van der Waals surface area contributed by atoms with Crippen molar-refractivity contribution in [2.24, 2.45) is 0 Å². The van der Waals surface area contributed by atoms with Crippen LogP contribution in [0.25, 0.3) is 5.78 Å². The molecule has 0 spiro atoms. The van der Waals surface area contributed by atoms with Crippen LogP contribution in [0.15, 0.2) is 30.7 Å². The summed E-state index contributed by atoms with van der Waals surface area (Å²) in [5.74, 6) is 0.642. The number of halogens is 1. The zero-order valence-electron chi connectivity index (χ0n) is 22.8. The van der Waals surface area contributed by atoms with E-state index in [4.69, 9.17) is 21.1 Å². The largest absolute Gasteiger partial charge is 0.492 e. The number of likely N-dealkylation sites (tertiary alicyclic amines) is 1. The minimum atomic E-state index is -0.430. The van der Waals surface area contributed by atoms with Gasteiger partial charge in [0.1, 0.15) is 17.8 Å². The zero-order valence-corrected chi connectivity index (χ0v) is 23.5. The molecule has 13 nitrogen and oxygen atoms in total. The van der Waals surface area contributed by atoms with Crippen LogP contribution in [0.1, 0.15) is 45.8 Å². The van der Waals surface area contributed by atoms with Gasteiger partial charge >= 0.3 is 0 Å². The minimum Gasteiger partial charge on any atom is -0.492 e. The summed E-state index contributed by atoms with van der Waals surface area (Å²) in [5.41, 5.74) is 3.79. The van der Waals surface area contributed by atoms with Crippen LogP contribution in [-0.4, -0.2) is 83.1 Å². The van der Waals surface area contributed by atoms with Crippen molar-refractivity contribution in [3.63, 3.8) is 0 Å². The van der Waals surface area contributed by atoms with E-state index < -0.39 is 12.1 Å². The summed E-state index contributed by atoms with van der Waals surface area (Å²) in [7, 11) is 0.